The van der Waals surface area contributed by atoms with Gasteiger partial charge in [0.25, 0.3) is 0 Å². The number of hydrogen-bond acceptors (Lipinski definition) is 4. The van der Waals surface area contributed by atoms with Crippen molar-refractivity contribution in [3.8, 4) is 5.75 Å². The van der Waals surface area contributed by atoms with Crippen molar-refractivity contribution in [3.05, 3.63) is 23.8 Å². The molecule has 0 aliphatic carbocycles. The van der Waals surface area contributed by atoms with Crippen LogP contribution in [0, 0.1) is 6.92 Å². The van der Waals surface area contributed by atoms with Crippen molar-refractivity contribution < 1.29 is 18.8 Å². The maximum atomic E-state index is 12.0. The summed E-state index contributed by atoms with van der Waals surface area (Å²) in [5, 5.41) is 2.79. The van der Waals surface area contributed by atoms with E-state index in [9.17, 15) is 4.79 Å². The average molecular weight is 333 g/mol. The van der Waals surface area contributed by atoms with Crippen LogP contribution in [0.3, 0.4) is 0 Å². The standard InChI is InChI=1S/C18H28BNO4/c1-12-13(19-23-17(5,6)18(7,8)24-19)10-9-11-14(12)22-15(21)20-16(2,3)4/h9-11H,1-8H3,(H,20,21). The molecular weight excluding hydrogens is 305 g/mol. The van der Waals surface area contributed by atoms with Crippen molar-refractivity contribution in [2.75, 3.05) is 0 Å². The Balaban J connectivity index is 2.22. The molecular formula is C18H28BNO4. The molecule has 1 heterocycles. The number of ether oxygens (including phenoxy) is 1. The summed E-state index contributed by atoms with van der Waals surface area (Å²) in [6, 6.07) is 5.55. The van der Waals surface area contributed by atoms with Crippen LogP contribution >= 0.6 is 0 Å². The Morgan fingerprint density at radius 3 is 2.17 bits per heavy atom. The van der Waals surface area contributed by atoms with Gasteiger partial charge in [-0.15, -0.1) is 0 Å². The highest BCUT2D eigenvalue weighted by Gasteiger charge is 2.52. The lowest BCUT2D eigenvalue weighted by Crippen LogP contribution is -2.42. The molecule has 5 nitrogen and oxygen atoms in total. The largest absolute Gasteiger partial charge is 0.495 e. The Morgan fingerprint density at radius 2 is 1.67 bits per heavy atom. The molecule has 0 spiro atoms. The number of nitrogens with one attached hydrogen (secondary N) is 1. The minimum atomic E-state index is -0.482. The van der Waals surface area contributed by atoms with Crippen LogP contribution in [0.2, 0.25) is 0 Å². The van der Waals surface area contributed by atoms with Crippen molar-refractivity contribution in [2.24, 2.45) is 0 Å². The van der Waals surface area contributed by atoms with Crippen LogP contribution in [-0.2, 0) is 9.31 Å². The lowest BCUT2D eigenvalue weighted by molar-refractivity contribution is 0.00578. The van der Waals surface area contributed by atoms with E-state index in [4.69, 9.17) is 14.0 Å². The quantitative estimate of drug-likeness (QED) is 0.845. The molecule has 2 rings (SSSR count). The monoisotopic (exact) mass is 333 g/mol. The first kappa shape index (κ1) is 18.8. The summed E-state index contributed by atoms with van der Waals surface area (Å²) in [5.74, 6) is 0.504. The molecule has 1 aromatic carbocycles. The first-order chi connectivity index (χ1) is 10.8. The smallest absolute Gasteiger partial charge is 0.410 e. The Labute approximate surface area is 145 Å². The van der Waals surface area contributed by atoms with Gasteiger partial charge < -0.3 is 19.4 Å². The highest BCUT2D eigenvalue weighted by atomic mass is 16.7. The minimum absolute atomic E-state index is 0.353. The predicted octanol–water partition coefficient (Wildman–Crippen LogP) is 3.18. The summed E-state index contributed by atoms with van der Waals surface area (Å²) in [6.45, 7) is 15.7. The van der Waals surface area contributed by atoms with Crippen LogP contribution in [0.15, 0.2) is 18.2 Å². The van der Waals surface area contributed by atoms with Gasteiger partial charge in [-0.1, -0.05) is 12.1 Å². The van der Waals surface area contributed by atoms with Gasteiger partial charge in [-0.2, -0.15) is 0 Å². The van der Waals surface area contributed by atoms with E-state index in [1.165, 1.54) is 0 Å². The summed E-state index contributed by atoms with van der Waals surface area (Å²) in [7, 11) is -0.482. The molecule has 0 atom stereocenters. The van der Waals surface area contributed by atoms with Gasteiger partial charge in [-0.3, -0.25) is 0 Å². The zero-order valence-electron chi connectivity index (χ0n) is 15.9. The van der Waals surface area contributed by atoms with Crippen molar-refractivity contribution in [1.29, 1.82) is 0 Å². The van der Waals surface area contributed by atoms with E-state index < -0.39 is 24.4 Å². The molecule has 6 heteroatoms. The fourth-order valence-corrected chi connectivity index (χ4v) is 2.40. The summed E-state index contributed by atoms with van der Waals surface area (Å²) in [4.78, 5) is 12.0. The molecule has 0 radical (unpaired) electrons. The first-order valence-corrected chi connectivity index (χ1v) is 8.27. The molecule has 1 aliphatic heterocycles. The average Bonchev–Trinajstić information content (AvgIpc) is 2.58. The number of benzene rings is 1. The molecule has 1 amide bonds. The number of amides is 1. The highest BCUT2D eigenvalue weighted by molar-refractivity contribution is 6.62. The fraction of sp³-hybridized carbons (Fsp3) is 0.611. The van der Waals surface area contributed by atoms with Crippen LogP contribution in [0.5, 0.6) is 5.75 Å². The molecule has 1 N–H and O–H groups in total. The van der Waals surface area contributed by atoms with Crippen LogP contribution in [-0.4, -0.2) is 30.0 Å². The van der Waals surface area contributed by atoms with Gasteiger partial charge in [0.2, 0.25) is 0 Å². The second kappa shape index (κ2) is 6.08. The third-order valence-electron chi connectivity index (χ3n) is 4.51. The van der Waals surface area contributed by atoms with Crippen LogP contribution in [0.1, 0.15) is 54.0 Å². The third-order valence-corrected chi connectivity index (χ3v) is 4.51. The van der Waals surface area contributed by atoms with Gasteiger partial charge in [0.05, 0.1) is 11.2 Å². The molecule has 0 aromatic heterocycles. The molecule has 1 aliphatic rings. The molecule has 1 aromatic rings. The van der Waals surface area contributed by atoms with E-state index in [2.05, 4.69) is 5.32 Å². The van der Waals surface area contributed by atoms with E-state index in [-0.39, 0.29) is 5.54 Å². The second-order valence-corrected chi connectivity index (χ2v) is 8.32. The van der Waals surface area contributed by atoms with Crippen LogP contribution in [0.25, 0.3) is 0 Å². The molecule has 132 valence electrons. The molecule has 1 saturated heterocycles. The SMILES string of the molecule is Cc1c(OC(=O)NC(C)(C)C)cccc1B1OC(C)(C)C(C)(C)O1. The number of hydrogen-bond donors (Lipinski definition) is 1. The summed E-state index contributed by atoms with van der Waals surface area (Å²) in [6.07, 6.45) is -0.475. The molecule has 0 saturated carbocycles. The maximum absolute atomic E-state index is 12.0. The third kappa shape index (κ3) is 3.93. The van der Waals surface area contributed by atoms with Crippen molar-refractivity contribution in [3.63, 3.8) is 0 Å². The topological polar surface area (TPSA) is 56.8 Å². The Morgan fingerprint density at radius 1 is 1.12 bits per heavy atom. The van der Waals surface area contributed by atoms with Gasteiger partial charge in [-0.05, 0) is 72.5 Å². The van der Waals surface area contributed by atoms with E-state index in [0.717, 1.165) is 11.0 Å². The maximum Gasteiger partial charge on any atom is 0.495 e. The summed E-state index contributed by atoms with van der Waals surface area (Å²) < 4.78 is 17.7. The molecule has 0 bridgehead atoms. The Bertz CT molecular complexity index is 618. The first-order valence-electron chi connectivity index (χ1n) is 8.27. The van der Waals surface area contributed by atoms with E-state index in [1.54, 1.807) is 6.07 Å². The van der Waals surface area contributed by atoms with Crippen molar-refractivity contribution in [1.82, 2.24) is 5.32 Å². The fourth-order valence-electron chi connectivity index (χ4n) is 2.40. The zero-order valence-corrected chi connectivity index (χ0v) is 15.9. The van der Waals surface area contributed by atoms with Gasteiger partial charge in [-0.25, -0.2) is 4.79 Å². The van der Waals surface area contributed by atoms with Gasteiger partial charge in [0.1, 0.15) is 5.75 Å². The Kier molecular flexibility index (Phi) is 4.77. The Hall–Kier alpha value is -1.53. The summed E-state index contributed by atoms with van der Waals surface area (Å²) in [5.41, 5.74) is 0.526. The predicted molar refractivity (Wildman–Crippen MR) is 95.8 cm³/mol. The van der Waals surface area contributed by atoms with Gasteiger partial charge in [0, 0.05) is 5.54 Å². The second-order valence-electron chi connectivity index (χ2n) is 8.32. The number of carbonyl (C=O) groups excluding carboxylic acids is 1. The van der Waals surface area contributed by atoms with Gasteiger partial charge >= 0.3 is 13.2 Å². The van der Waals surface area contributed by atoms with Crippen LogP contribution < -0.4 is 15.5 Å². The molecule has 1 fully saturated rings. The summed E-state index contributed by atoms with van der Waals surface area (Å²) >= 11 is 0. The number of carbonyl (C=O) groups is 1. The number of rotatable bonds is 2. The van der Waals surface area contributed by atoms with E-state index in [0.29, 0.717) is 5.75 Å². The lowest BCUT2D eigenvalue weighted by atomic mass is 9.76. The van der Waals surface area contributed by atoms with Crippen molar-refractivity contribution >= 4 is 18.7 Å². The zero-order chi connectivity index (χ0) is 18.3. The van der Waals surface area contributed by atoms with E-state index >= 15 is 0 Å². The highest BCUT2D eigenvalue weighted by Crippen LogP contribution is 2.37. The lowest BCUT2D eigenvalue weighted by Gasteiger charge is -2.32. The van der Waals surface area contributed by atoms with Gasteiger partial charge in [0.15, 0.2) is 0 Å². The minimum Gasteiger partial charge on any atom is -0.410 e. The molecule has 0 unspecified atom stereocenters. The molecule has 24 heavy (non-hydrogen) atoms. The normalized spacial score (nSPS) is 19.2. The van der Waals surface area contributed by atoms with E-state index in [1.807, 2.05) is 67.5 Å². The van der Waals surface area contributed by atoms with Crippen LogP contribution in [0.4, 0.5) is 4.79 Å². The van der Waals surface area contributed by atoms with Crippen molar-refractivity contribution in [2.45, 2.75) is 72.1 Å².